The number of nitrogens with one attached hydrogen (secondary N) is 1. The highest BCUT2D eigenvalue weighted by Crippen LogP contribution is 2.32. The van der Waals surface area contributed by atoms with Gasteiger partial charge in [0.25, 0.3) is 5.56 Å². The van der Waals surface area contributed by atoms with Crippen molar-refractivity contribution >= 4 is 12.6 Å². The molecule has 0 bridgehead atoms. The molecule has 9 heteroatoms. The average Bonchev–Trinajstić information content (AvgIpc) is 2.27. The molecule has 0 aromatic carbocycles. The van der Waals surface area contributed by atoms with Gasteiger partial charge in [-0.2, -0.15) is 25.8 Å². The van der Waals surface area contributed by atoms with E-state index in [1.54, 1.807) is 0 Å². The van der Waals surface area contributed by atoms with Crippen molar-refractivity contribution in [1.82, 2.24) is 9.97 Å². The molecule has 102 valence electrons. The molecular weight excluding hydrogens is 273 g/mol. The lowest BCUT2D eigenvalue weighted by molar-refractivity contribution is -0.143. The topological polar surface area (TPSA) is 86.2 Å². The molecule has 0 aliphatic rings. The highest BCUT2D eigenvalue weighted by molar-refractivity contribution is 7.80. The van der Waals surface area contributed by atoms with Gasteiger partial charge < -0.3 is 15.2 Å². The van der Waals surface area contributed by atoms with Crippen LogP contribution in [0.2, 0.25) is 0 Å². The number of aromatic nitrogens is 2. The van der Waals surface area contributed by atoms with Gasteiger partial charge in [-0.05, 0) is 12.2 Å². The van der Waals surface area contributed by atoms with Crippen LogP contribution >= 0.6 is 12.6 Å². The second-order valence-electron chi connectivity index (χ2n) is 3.52. The lowest BCUT2D eigenvalue weighted by atomic mass is 10.0. The van der Waals surface area contributed by atoms with Crippen LogP contribution in [0.4, 0.5) is 13.2 Å². The number of H-pyrrole nitrogens is 1. The maximum Gasteiger partial charge on any atom is 0.433 e. The van der Waals surface area contributed by atoms with Crippen LogP contribution < -0.4 is 5.56 Å². The third kappa shape index (κ3) is 3.24. The van der Waals surface area contributed by atoms with Crippen LogP contribution in [0.15, 0.2) is 11.1 Å². The Morgan fingerprint density at radius 1 is 1.44 bits per heavy atom. The van der Waals surface area contributed by atoms with Gasteiger partial charge in [0.1, 0.15) is 6.10 Å². The van der Waals surface area contributed by atoms with E-state index in [2.05, 4.69) is 17.6 Å². The van der Waals surface area contributed by atoms with Crippen LogP contribution in [0.25, 0.3) is 0 Å². The maximum absolute atomic E-state index is 12.6. The van der Waals surface area contributed by atoms with Gasteiger partial charge in [0.15, 0.2) is 5.69 Å². The Bertz CT molecular complexity index is 463. The molecule has 0 radical (unpaired) electrons. The summed E-state index contributed by atoms with van der Waals surface area (Å²) >= 11 is 3.78. The molecule has 1 heterocycles. The van der Waals surface area contributed by atoms with Crippen molar-refractivity contribution in [2.24, 2.45) is 0 Å². The number of aliphatic hydroxyl groups excluding tert-OH is 2. The second-order valence-corrected chi connectivity index (χ2v) is 3.96. The zero-order valence-electron chi connectivity index (χ0n) is 8.98. The highest BCUT2D eigenvalue weighted by Gasteiger charge is 2.39. The fourth-order valence-electron chi connectivity index (χ4n) is 1.39. The number of rotatable bonds is 4. The van der Waals surface area contributed by atoms with Gasteiger partial charge in [-0.1, -0.05) is 0 Å². The summed E-state index contributed by atoms with van der Waals surface area (Å²) in [6.45, 7) is 0. The summed E-state index contributed by atoms with van der Waals surface area (Å²) in [5, 5.41) is 19.0. The van der Waals surface area contributed by atoms with Crippen molar-refractivity contribution in [2.45, 2.75) is 24.8 Å². The summed E-state index contributed by atoms with van der Waals surface area (Å²) in [6.07, 6.45) is -7.84. The van der Waals surface area contributed by atoms with Crippen LogP contribution in [-0.2, 0) is 6.18 Å². The summed E-state index contributed by atoms with van der Waals surface area (Å²) in [5.41, 5.74) is -3.63. The summed E-state index contributed by atoms with van der Waals surface area (Å²) in [6, 6.07) is 0. The van der Waals surface area contributed by atoms with E-state index in [-0.39, 0.29) is 12.2 Å². The number of alkyl halides is 3. The van der Waals surface area contributed by atoms with E-state index in [0.29, 0.717) is 6.33 Å². The quantitative estimate of drug-likeness (QED) is 0.607. The van der Waals surface area contributed by atoms with Crippen molar-refractivity contribution in [1.29, 1.82) is 0 Å². The third-order valence-corrected chi connectivity index (χ3v) is 2.50. The Morgan fingerprint density at radius 2 is 2.06 bits per heavy atom. The van der Waals surface area contributed by atoms with Gasteiger partial charge in [-0.15, -0.1) is 0 Å². The number of hydrogen-bond acceptors (Lipinski definition) is 5. The number of aromatic amines is 1. The lowest BCUT2D eigenvalue weighted by Gasteiger charge is -2.19. The molecule has 2 unspecified atom stereocenters. The third-order valence-electron chi connectivity index (χ3n) is 2.24. The molecule has 0 saturated carbocycles. The first-order valence-corrected chi connectivity index (χ1v) is 5.54. The van der Waals surface area contributed by atoms with Gasteiger partial charge in [0.05, 0.1) is 18.0 Å². The average molecular weight is 284 g/mol. The number of halogens is 3. The molecule has 18 heavy (non-hydrogen) atoms. The second kappa shape index (κ2) is 5.72. The minimum absolute atomic E-state index is 0.0596. The van der Waals surface area contributed by atoms with E-state index in [0.717, 1.165) is 0 Å². The predicted molar refractivity (Wildman–Crippen MR) is 59.3 cm³/mol. The smallest absolute Gasteiger partial charge is 0.390 e. The predicted octanol–water partition coefficient (Wildman–Crippen LogP) is 0.503. The number of thiol groups is 1. The minimum atomic E-state index is -4.88. The van der Waals surface area contributed by atoms with Gasteiger partial charge in [0, 0.05) is 0 Å². The molecule has 1 aromatic heterocycles. The fourth-order valence-corrected chi connectivity index (χ4v) is 1.66. The summed E-state index contributed by atoms with van der Waals surface area (Å²) in [7, 11) is 0. The SMILES string of the molecule is O=c1[nH]cnc(C(F)(F)F)c1C(O)C(O)CCS. The van der Waals surface area contributed by atoms with Crippen molar-refractivity contribution in [3.8, 4) is 0 Å². The number of nitrogens with zero attached hydrogens (tertiary/aromatic N) is 1. The molecule has 5 nitrogen and oxygen atoms in total. The molecule has 0 aliphatic heterocycles. The van der Waals surface area contributed by atoms with Gasteiger partial charge >= 0.3 is 6.18 Å². The van der Waals surface area contributed by atoms with E-state index in [1.165, 1.54) is 0 Å². The van der Waals surface area contributed by atoms with Crippen LogP contribution in [0.3, 0.4) is 0 Å². The van der Waals surface area contributed by atoms with Crippen LogP contribution in [-0.4, -0.2) is 32.0 Å². The monoisotopic (exact) mass is 284 g/mol. The molecule has 3 N–H and O–H groups in total. The zero-order valence-corrected chi connectivity index (χ0v) is 9.87. The molecule has 1 aromatic rings. The fraction of sp³-hybridized carbons (Fsp3) is 0.556. The lowest BCUT2D eigenvalue weighted by Crippen LogP contribution is -2.30. The van der Waals surface area contributed by atoms with Gasteiger partial charge in [-0.25, -0.2) is 4.98 Å². The molecular formula is C9H11F3N2O3S. The Morgan fingerprint density at radius 3 is 2.56 bits per heavy atom. The van der Waals surface area contributed by atoms with Crippen molar-refractivity contribution in [2.75, 3.05) is 5.75 Å². The van der Waals surface area contributed by atoms with Gasteiger partial charge in [0.2, 0.25) is 0 Å². The summed E-state index contributed by atoms with van der Waals surface area (Å²) in [4.78, 5) is 16.3. The number of aliphatic hydroxyl groups is 2. The van der Waals surface area contributed by atoms with Crippen molar-refractivity contribution < 1.29 is 23.4 Å². The first-order chi connectivity index (χ1) is 8.29. The molecule has 1 rings (SSSR count). The van der Waals surface area contributed by atoms with Crippen LogP contribution in [0, 0.1) is 0 Å². The van der Waals surface area contributed by atoms with E-state index < -0.39 is 35.2 Å². The Balaban J connectivity index is 3.26. The van der Waals surface area contributed by atoms with Crippen LogP contribution in [0.5, 0.6) is 0 Å². The molecule has 0 amide bonds. The maximum atomic E-state index is 12.6. The first-order valence-electron chi connectivity index (χ1n) is 4.90. The number of hydrogen-bond donors (Lipinski definition) is 4. The standard InChI is InChI=1S/C9H11F3N2O3S/c10-9(11,12)7-5(8(17)14-3-13-7)6(16)4(15)1-2-18/h3-4,6,15-16,18H,1-2H2,(H,13,14,17). The van der Waals surface area contributed by atoms with E-state index in [9.17, 15) is 28.2 Å². The molecule has 0 fully saturated rings. The molecule has 0 spiro atoms. The Kier molecular flexibility index (Phi) is 4.77. The Hall–Kier alpha value is -1.06. The largest absolute Gasteiger partial charge is 0.433 e. The normalized spacial score (nSPS) is 15.4. The molecule has 0 saturated heterocycles. The van der Waals surface area contributed by atoms with Crippen molar-refractivity contribution in [3.63, 3.8) is 0 Å². The Labute approximate surface area is 105 Å². The van der Waals surface area contributed by atoms with Crippen molar-refractivity contribution in [3.05, 3.63) is 27.9 Å². The zero-order chi connectivity index (χ0) is 13.9. The molecule has 2 atom stereocenters. The minimum Gasteiger partial charge on any atom is -0.390 e. The van der Waals surface area contributed by atoms with E-state index in [1.807, 2.05) is 4.98 Å². The summed E-state index contributed by atoms with van der Waals surface area (Å²) in [5.74, 6) is 0.151. The van der Waals surface area contributed by atoms with E-state index >= 15 is 0 Å². The highest BCUT2D eigenvalue weighted by atomic mass is 32.1. The first kappa shape index (κ1) is 15.0. The van der Waals surface area contributed by atoms with Gasteiger partial charge in [-0.3, -0.25) is 4.79 Å². The van der Waals surface area contributed by atoms with Crippen LogP contribution in [0.1, 0.15) is 23.8 Å². The van der Waals surface area contributed by atoms with E-state index in [4.69, 9.17) is 0 Å². The molecule has 0 aliphatic carbocycles. The summed E-state index contributed by atoms with van der Waals surface area (Å²) < 4.78 is 37.8.